The van der Waals surface area contributed by atoms with Crippen LogP contribution in [0.5, 0.6) is 0 Å². The van der Waals surface area contributed by atoms with E-state index in [9.17, 15) is 27.6 Å². The van der Waals surface area contributed by atoms with Crippen LogP contribution in [0.3, 0.4) is 0 Å². The Bertz CT molecular complexity index is 1870. The molecule has 0 aliphatic heterocycles. The Balaban J connectivity index is 1.78. The summed E-state index contributed by atoms with van der Waals surface area (Å²) in [4.78, 5) is 51.3. The molecule has 2 heterocycles. The molecule has 2 aromatic heterocycles. The maximum Gasteiger partial charge on any atom is 0.509 e. The maximum atomic E-state index is 13.8. The maximum absolute atomic E-state index is 13.8. The van der Waals surface area contributed by atoms with Crippen LogP contribution >= 0.6 is 0 Å². The van der Waals surface area contributed by atoms with Gasteiger partial charge in [0.1, 0.15) is 35.8 Å². The molecule has 0 spiro atoms. The monoisotopic (exact) mass is 737 g/mol. The summed E-state index contributed by atoms with van der Waals surface area (Å²) in [6, 6.07) is 6.23. The van der Waals surface area contributed by atoms with Crippen LogP contribution in [0, 0.1) is 13.8 Å². The van der Waals surface area contributed by atoms with Gasteiger partial charge in [-0.25, -0.2) is 19.1 Å². The Morgan fingerprint density at radius 1 is 0.882 bits per heavy atom. The summed E-state index contributed by atoms with van der Waals surface area (Å²) in [7, 11) is -3.99. The molecule has 0 saturated heterocycles. The van der Waals surface area contributed by atoms with Gasteiger partial charge in [0.15, 0.2) is 0 Å². The number of carbonyl (C=O) groups is 2. The average Bonchev–Trinajstić information content (AvgIpc) is 3.44. The van der Waals surface area contributed by atoms with Crippen LogP contribution < -0.4 is 11.2 Å². The van der Waals surface area contributed by atoms with Crippen molar-refractivity contribution in [3.8, 4) is 0 Å². The van der Waals surface area contributed by atoms with Gasteiger partial charge in [-0.05, 0) is 74.4 Å². The Kier molecular flexibility index (Phi) is 13.7. The number of nitrogens with zero attached hydrogens (tertiary/aromatic N) is 5. The summed E-state index contributed by atoms with van der Waals surface area (Å²) in [6.45, 7) is 14.1. The molecule has 282 valence electrons. The zero-order valence-electron chi connectivity index (χ0n) is 30.4. The van der Waals surface area contributed by atoms with E-state index in [-0.39, 0.29) is 55.5 Å². The molecular weight excluding hydrogens is 690 g/mol. The standard InChI is InChI=1S/C33H47N5O12S/c1-22-10-12-26(13-11-22)51(43,44)47-15-14-36-20-25(34-35-36)21-38-28(39)23(2)19-37(29(38)40)27(18-24(3)48-31(42)50-33(7,8)9)45-16-17-46-30(41)49-32(4,5)6/h10-13,19-20,24,27H,14-18,21H2,1-9H3/t24-,27?/m1/s1. The van der Waals surface area contributed by atoms with Crippen LogP contribution in [0.25, 0.3) is 0 Å². The zero-order chi connectivity index (χ0) is 38.1. The summed E-state index contributed by atoms with van der Waals surface area (Å²) < 4.78 is 60.3. The van der Waals surface area contributed by atoms with Crippen LogP contribution in [0.1, 0.15) is 77.9 Å². The van der Waals surface area contributed by atoms with Crippen LogP contribution in [-0.2, 0) is 51.1 Å². The first-order chi connectivity index (χ1) is 23.6. The molecule has 3 aromatic rings. The van der Waals surface area contributed by atoms with Crippen molar-refractivity contribution in [1.29, 1.82) is 0 Å². The first-order valence-corrected chi connectivity index (χ1v) is 17.6. The first kappa shape index (κ1) is 40.9. The van der Waals surface area contributed by atoms with Gasteiger partial charge in [0.2, 0.25) is 0 Å². The topological polar surface area (TPSA) is 198 Å². The van der Waals surface area contributed by atoms with Crippen LogP contribution in [-0.4, -0.2) is 82.0 Å². The van der Waals surface area contributed by atoms with Crippen molar-refractivity contribution in [2.45, 2.75) is 110 Å². The lowest BCUT2D eigenvalue weighted by atomic mass is 10.2. The molecule has 0 bridgehead atoms. The number of carbonyl (C=O) groups excluding carboxylic acids is 2. The Morgan fingerprint density at radius 2 is 1.51 bits per heavy atom. The molecule has 0 N–H and O–H groups in total. The summed E-state index contributed by atoms with van der Waals surface area (Å²) >= 11 is 0. The van der Waals surface area contributed by atoms with Gasteiger partial charge in [-0.1, -0.05) is 22.9 Å². The van der Waals surface area contributed by atoms with E-state index in [4.69, 9.17) is 27.9 Å². The molecular formula is C33H47N5O12S. The smallest absolute Gasteiger partial charge is 0.432 e. The average molecular weight is 738 g/mol. The van der Waals surface area contributed by atoms with Gasteiger partial charge < -0.3 is 23.7 Å². The highest BCUT2D eigenvalue weighted by Crippen LogP contribution is 2.19. The van der Waals surface area contributed by atoms with Crippen LogP contribution in [0.4, 0.5) is 9.59 Å². The molecule has 0 radical (unpaired) electrons. The van der Waals surface area contributed by atoms with E-state index in [0.29, 0.717) is 0 Å². The molecule has 18 heteroatoms. The normalized spacial score (nSPS) is 13.4. The van der Waals surface area contributed by atoms with Gasteiger partial charge in [-0.3, -0.25) is 18.1 Å². The number of hydrogen-bond acceptors (Lipinski definition) is 14. The van der Waals surface area contributed by atoms with Crippen molar-refractivity contribution < 1.29 is 45.9 Å². The minimum Gasteiger partial charge on any atom is -0.432 e. The summed E-state index contributed by atoms with van der Waals surface area (Å²) in [5.41, 5.74) is -1.61. The lowest BCUT2D eigenvalue weighted by Crippen LogP contribution is -2.43. The highest BCUT2D eigenvalue weighted by molar-refractivity contribution is 7.86. The number of aryl methyl sites for hydroxylation is 2. The Hall–Kier alpha value is -4.55. The molecule has 0 fully saturated rings. The van der Waals surface area contributed by atoms with E-state index < -0.39 is 57.2 Å². The first-order valence-electron chi connectivity index (χ1n) is 16.2. The number of hydrogen-bond donors (Lipinski definition) is 0. The van der Waals surface area contributed by atoms with Crippen molar-refractivity contribution in [2.75, 3.05) is 19.8 Å². The van der Waals surface area contributed by atoms with Gasteiger partial charge in [-0.15, -0.1) is 5.10 Å². The van der Waals surface area contributed by atoms with Gasteiger partial charge in [0.05, 0.1) is 37.4 Å². The van der Waals surface area contributed by atoms with E-state index in [2.05, 4.69) is 10.3 Å². The molecule has 1 unspecified atom stereocenters. The highest BCUT2D eigenvalue weighted by Gasteiger charge is 2.26. The molecule has 51 heavy (non-hydrogen) atoms. The van der Waals surface area contributed by atoms with E-state index >= 15 is 0 Å². The fourth-order valence-corrected chi connectivity index (χ4v) is 5.32. The Labute approximate surface area is 296 Å². The second-order valence-electron chi connectivity index (χ2n) is 13.7. The van der Waals surface area contributed by atoms with E-state index in [0.717, 1.165) is 10.1 Å². The number of aromatic nitrogens is 5. The van der Waals surface area contributed by atoms with Gasteiger partial charge in [-0.2, -0.15) is 8.42 Å². The van der Waals surface area contributed by atoms with Crippen molar-refractivity contribution in [3.63, 3.8) is 0 Å². The SMILES string of the molecule is Cc1ccc(S(=O)(=O)OCCn2cc(Cn3c(=O)c(C)cn(C(C[C@@H](C)OC(=O)OC(C)(C)C)OCCOC(=O)OC(C)(C)C)c3=O)nn2)cc1. The molecule has 2 atom stereocenters. The third-order valence-corrected chi connectivity index (χ3v) is 8.00. The molecule has 3 rings (SSSR count). The predicted octanol–water partition coefficient (Wildman–Crippen LogP) is 3.87. The molecule has 17 nitrogen and oxygen atoms in total. The quantitative estimate of drug-likeness (QED) is 0.124. The Morgan fingerprint density at radius 3 is 2.14 bits per heavy atom. The predicted molar refractivity (Wildman–Crippen MR) is 182 cm³/mol. The van der Waals surface area contributed by atoms with Gasteiger partial charge in [0.25, 0.3) is 15.7 Å². The molecule has 0 amide bonds. The third-order valence-electron chi connectivity index (χ3n) is 6.68. The largest absolute Gasteiger partial charge is 0.509 e. The minimum absolute atomic E-state index is 0.0157. The fourth-order valence-electron chi connectivity index (χ4n) is 4.42. The molecule has 0 saturated carbocycles. The summed E-state index contributed by atoms with van der Waals surface area (Å²) in [5.74, 6) is 0. The second kappa shape index (κ2) is 17.1. The van der Waals surface area contributed by atoms with Gasteiger partial charge >= 0.3 is 18.0 Å². The van der Waals surface area contributed by atoms with Crippen molar-refractivity contribution in [3.05, 3.63) is 74.3 Å². The van der Waals surface area contributed by atoms with Crippen molar-refractivity contribution in [1.82, 2.24) is 24.1 Å². The van der Waals surface area contributed by atoms with Gasteiger partial charge in [0, 0.05) is 18.2 Å². The van der Waals surface area contributed by atoms with Crippen molar-refractivity contribution in [2.24, 2.45) is 0 Å². The zero-order valence-corrected chi connectivity index (χ0v) is 31.2. The van der Waals surface area contributed by atoms with E-state index in [1.165, 1.54) is 40.7 Å². The highest BCUT2D eigenvalue weighted by atomic mass is 32.2. The lowest BCUT2D eigenvalue weighted by Gasteiger charge is -2.26. The summed E-state index contributed by atoms with van der Waals surface area (Å²) in [5, 5.41) is 8.00. The number of ether oxygens (including phenoxy) is 5. The second-order valence-corrected chi connectivity index (χ2v) is 15.3. The number of benzene rings is 1. The van der Waals surface area contributed by atoms with E-state index in [1.54, 1.807) is 60.6 Å². The lowest BCUT2D eigenvalue weighted by molar-refractivity contribution is -0.0722. The summed E-state index contributed by atoms with van der Waals surface area (Å²) in [6.07, 6.45) is -1.00. The number of rotatable bonds is 15. The van der Waals surface area contributed by atoms with E-state index in [1.807, 2.05) is 6.92 Å². The van der Waals surface area contributed by atoms with Crippen LogP contribution in [0.15, 0.2) is 51.1 Å². The molecule has 1 aromatic carbocycles. The third kappa shape index (κ3) is 13.3. The van der Waals surface area contributed by atoms with Crippen molar-refractivity contribution >= 4 is 22.4 Å². The minimum atomic E-state index is -3.99. The molecule has 0 aliphatic rings. The fraction of sp³-hybridized carbons (Fsp3) is 0.576. The molecule has 0 aliphatic carbocycles. The van der Waals surface area contributed by atoms with Crippen LogP contribution in [0.2, 0.25) is 0 Å².